The average molecular weight is 354 g/mol. The highest BCUT2D eigenvalue weighted by atomic mass is 16.5. The lowest BCUT2D eigenvalue weighted by molar-refractivity contribution is -0.139. The molecular formula is C18H30N2O5. The number of amides is 2. The Balaban J connectivity index is 1.42. The molecule has 3 aliphatic rings. The van der Waals surface area contributed by atoms with E-state index in [1.54, 1.807) is 0 Å². The molecule has 0 spiro atoms. The van der Waals surface area contributed by atoms with Crippen LogP contribution in [-0.2, 0) is 19.1 Å². The molecule has 0 bridgehead atoms. The van der Waals surface area contributed by atoms with Crippen LogP contribution in [0.1, 0.15) is 44.9 Å². The lowest BCUT2D eigenvalue weighted by Gasteiger charge is -2.37. The van der Waals surface area contributed by atoms with E-state index in [4.69, 9.17) is 9.47 Å². The third kappa shape index (κ3) is 5.66. The van der Waals surface area contributed by atoms with Crippen molar-refractivity contribution in [2.45, 2.75) is 63.2 Å². The molecule has 1 saturated carbocycles. The van der Waals surface area contributed by atoms with Crippen LogP contribution in [0.3, 0.4) is 0 Å². The summed E-state index contributed by atoms with van der Waals surface area (Å²) in [6.07, 6.45) is 5.03. The first-order valence-corrected chi connectivity index (χ1v) is 9.57. The molecule has 7 nitrogen and oxygen atoms in total. The van der Waals surface area contributed by atoms with Gasteiger partial charge in [0.2, 0.25) is 11.8 Å². The molecule has 2 aliphatic heterocycles. The predicted molar refractivity (Wildman–Crippen MR) is 90.8 cm³/mol. The maximum atomic E-state index is 12.4. The van der Waals surface area contributed by atoms with Crippen molar-refractivity contribution < 1.29 is 24.2 Å². The SMILES string of the molecule is O=C(C[C@@H]1CC[C@H](NC(=O)C2CCOCC2)[C@H](CO)O1)NCC1CC1. The van der Waals surface area contributed by atoms with E-state index >= 15 is 0 Å². The first kappa shape index (κ1) is 18.6. The molecule has 3 fully saturated rings. The fourth-order valence-electron chi connectivity index (χ4n) is 3.57. The quantitative estimate of drug-likeness (QED) is 0.613. The van der Waals surface area contributed by atoms with Crippen molar-refractivity contribution in [3.63, 3.8) is 0 Å². The molecule has 0 aromatic carbocycles. The third-order valence-electron chi connectivity index (χ3n) is 5.41. The zero-order valence-corrected chi connectivity index (χ0v) is 14.7. The summed E-state index contributed by atoms with van der Waals surface area (Å²) < 4.78 is 11.2. The van der Waals surface area contributed by atoms with E-state index in [1.165, 1.54) is 12.8 Å². The first-order valence-electron chi connectivity index (χ1n) is 9.57. The third-order valence-corrected chi connectivity index (χ3v) is 5.41. The minimum atomic E-state index is -0.446. The minimum absolute atomic E-state index is 0.0123. The highest BCUT2D eigenvalue weighted by molar-refractivity contribution is 5.79. The van der Waals surface area contributed by atoms with Crippen LogP contribution in [0.15, 0.2) is 0 Å². The lowest BCUT2D eigenvalue weighted by atomic mass is 9.94. The second-order valence-corrected chi connectivity index (χ2v) is 7.51. The molecule has 7 heteroatoms. The molecule has 3 atom stereocenters. The molecule has 3 rings (SSSR count). The molecular weight excluding hydrogens is 324 g/mol. The van der Waals surface area contributed by atoms with E-state index < -0.39 is 6.10 Å². The number of carbonyl (C=O) groups is 2. The van der Waals surface area contributed by atoms with E-state index in [2.05, 4.69) is 10.6 Å². The summed E-state index contributed by atoms with van der Waals surface area (Å²) >= 11 is 0. The van der Waals surface area contributed by atoms with Crippen molar-refractivity contribution in [1.82, 2.24) is 10.6 Å². The Bertz CT molecular complexity index is 462. The Hall–Kier alpha value is -1.18. The molecule has 2 heterocycles. The van der Waals surface area contributed by atoms with Gasteiger partial charge in [-0.15, -0.1) is 0 Å². The number of carbonyl (C=O) groups excluding carboxylic acids is 2. The summed E-state index contributed by atoms with van der Waals surface area (Å²) in [6, 6.07) is -0.189. The summed E-state index contributed by atoms with van der Waals surface area (Å²) in [6.45, 7) is 1.86. The average Bonchev–Trinajstić information content (AvgIpc) is 3.46. The number of rotatable bonds is 7. The molecule has 2 amide bonds. The van der Waals surface area contributed by atoms with Gasteiger partial charge in [0.25, 0.3) is 0 Å². The minimum Gasteiger partial charge on any atom is -0.394 e. The fourth-order valence-corrected chi connectivity index (χ4v) is 3.57. The second kappa shape index (κ2) is 8.96. The summed E-state index contributed by atoms with van der Waals surface area (Å²) in [5.74, 6) is 0.680. The van der Waals surface area contributed by atoms with Crippen LogP contribution in [0, 0.1) is 11.8 Å². The molecule has 0 aromatic rings. The van der Waals surface area contributed by atoms with Crippen molar-refractivity contribution in [1.29, 1.82) is 0 Å². The van der Waals surface area contributed by atoms with Crippen LogP contribution in [0.25, 0.3) is 0 Å². The van der Waals surface area contributed by atoms with Crippen molar-refractivity contribution in [3.05, 3.63) is 0 Å². The smallest absolute Gasteiger partial charge is 0.223 e. The van der Waals surface area contributed by atoms with Gasteiger partial charge in [0.15, 0.2) is 0 Å². The molecule has 1 aliphatic carbocycles. The Kier molecular flexibility index (Phi) is 6.67. The number of ether oxygens (including phenoxy) is 2. The van der Waals surface area contributed by atoms with Crippen LogP contribution in [0.5, 0.6) is 0 Å². The van der Waals surface area contributed by atoms with Gasteiger partial charge in [0.05, 0.1) is 25.2 Å². The maximum absolute atomic E-state index is 12.4. The molecule has 25 heavy (non-hydrogen) atoms. The van der Waals surface area contributed by atoms with Crippen LogP contribution in [0.4, 0.5) is 0 Å². The number of aliphatic hydroxyl groups is 1. The van der Waals surface area contributed by atoms with Crippen LogP contribution < -0.4 is 10.6 Å². The highest BCUT2D eigenvalue weighted by Gasteiger charge is 2.34. The molecule has 0 unspecified atom stereocenters. The van der Waals surface area contributed by atoms with Crippen LogP contribution in [0.2, 0.25) is 0 Å². The van der Waals surface area contributed by atoms with Crippen molar-refractivity contribution in [2.75, 3.05) is 26.4 Å². The summed E-state index contributed by atoms with van der Waals surface area (Å²) in [7, 11) is 0. The standard InChI is InChI=1S/C18H30N2O5/c21-11-16-15(20-18(23)13-5-7-24-8-6-13)4-3-14(25-16)9-17(22)19-10-12-1-2-12/h12-16,21H,1-11H2,(H,19,22)(H,20,23)/t14-,15-,16-/m0/s1. The molecule has 0 radical (unpaired) electrons. The topological polar surface area (TPSA) is 96.9 Å². The largest absolute Gasteiger partial charge is 0.394 e. The lowest BCUT2D eigenvalue weighted by Crippen LogP contribution is -2.53. The molecule has 0 aromatic heterocycles. The van der Waals surface area contributed by atoms with E-state index in [1.807, 2.05) is 0 Å². The number of aliphatic hydroxyl groups excluding tert-OH is 1. The van der Waals surface area contributed by atoms with E-state index in [9.17, 15) is 14.7 Å². The second-order valence-electron chi connectivity index (χ2n) is 7.51. The van der Waals surface area contributed by atoms with Gasteiger partial charge in [-0.25, -0.2) is 0 Å². The van der Waals surface area contributed by atoms with E-state index in [0.29, 0.717) is 32.0 Å². The maximum Gasteiger partial charge on any atom is 0.223 e. The number of nitrogens with one attached hydrogen (secondary N) is 2. The van der Waals surface area contributed by atoms with E-state index in [-0.39, 0.29) is 36.5 Å². The van der Waals surface area contributed by atoms with Gasteiger partial charge in [-0.1, -0.05) is 0 Å². The number of hydrogen-bond acceptors (Lipinski definition) is 5. The van der Waals surface area contributed by atoms with Crippen LogP contribution >= 0.6 is 0 Å². The van der Waals surface area contributed by atoms with Crippen LogP contribution in [-0.4, -0.2) is 61.5 Å². The molecule has 3 N–H and O–H groups in total. The fraction of sp³-hybridized carbons (Fsp3) is 0.889. The normalized spacial score (nSPS) is 30.7. The Morgan fingerprint density at radius 1 is 1.04 bits per heavy atom. The van der Waals surface area contributed by atoms with Gasteiger partial charge in [-0.3, -0.25) is 9.59 Å². The Morgan fingerprint density at radius 3 is 2.48 bits per heavy atom. The zero-order valence-electron chi connectivity index (χ0n) is 14.7. The van der Waals surface area contributed by atoms with Gasteiger partial charge in [-0.05, 0) is 44.4 Å². The summed E-state index contributed by atoms with van der Waals surface area (Å²) in [4.78, 5) is 24.3. The predicted octanol–water partition coefficient (Wildman–Crippen LogP) is 0.354. The summed E-state index contributed by atoms with van der Waals surface area (Å²) in [5.41, 5.74) is 0. The molecule has 2 saturated heterocycles. The van der Waals surface area contributed by atoms with E-state index in [0.717, 1.165) is 25.8 Å². The van der Waals surface area contributed by atoms with Crippen molar-refractivity contribution in [3.8, 4) is 0 Å². The van der Waals surface area contributed by atoms with Gasteiger partial charge < -0.3 is 25.2 Å². The zero-order chi connectivity index (χ0) is 17.6. The number of hydrogen-bond donors (Lipinski definition) is 3. The van der Waals surface area contributed by atoms with Crippen molar-refractivity contribution in [2.24, 2.45) is 11.8 Å². The van der Waals surface area contributed by atoms with Gasteiger partial charge >= 0.3 is 0 Å². The Labute approximate surface area is 148 Å². The Morgan fingerprint density at radius 2 is 1.80 bits per heavy atom. The summed E-state index contributed by atoms with van der Waals surface area (Å²) in [5, 5.41) is 15.6. The van der Waals surface area contributed by atoms with Crippen molar-refractivity contribution >= 4 is 11.8 Å². The highest BCUT2D eigenvalue weighted by Crippen LogP contribution is 2.28. The van der Waals surface area contributed by atoms with Gasteiger partial charge in [0.1, 0.15) is 6.10 Å². The van der Waals surface area contributed by atoms with Gasteiger partial charge in [0, 0.05) is 25.7 Å². The molecule has 142 valence electrons. The monoisotopic (exact) mass is 354 g/mol. The first-order chi connectivity index (χ1) is 12.2. The van der Waals surface area contributed by atoms with Gasteiger partial charge in [-0.2, -0.15) is 0 Å².